The number of rotatable bonds is 5. The first-order chi connectivity index (χ1) is 14.0. The van der Waals surface area contributed by atoms with Gasteiger partial charge in [0, 0.05) is 13.1 Å². The lowest BCUT2D eigenvalue weighted by molar-refractivity contribution is -0.120. The summed E-state index contributed by atoms with van der Waals surface area (Å²) < 4.78 is 5.72. The molecule has 2 heterocycles. The quantitative estimate of drug-likeness (QED) is 0.720. The van der Waals surface area contributed by atoms with Crippen LogP contribution in [0, 0.1) is 6.92 Å². The average Bonchev–Trinajstić information content (AvgIpc) is 3.28. The minimum atomic E-state index is -0.264. The van der Waals surface area contributed by atoms with E-state index in [0.29, 0.717) is 17.0 Å². The van der Waals surface area contributed by atoms with Crippen molar-refractivity contribution in [2.75, 3.05) is 18.0 Å². The van der Waals surface area contributed by atoms with Gasteiger partial charge in [0.1, 0.15) is 11.4 Å². The first kappa shape index (κ1) is 19.2. The van der Waals surface area contributed by atoms with Crippen LogP contribution in [0.15, 0.2) is 54.2 Å². The smallest absolute Gasteiger partial charge is 0.282 e. The van der Waals surface area contributed by atoms with Crippen molar-refractivity contribution in [3.05, 3.63) is 65.4 Å². The highest BCUT2D eigenvalue weighted by Crippen LogP contribution is 2.36. The Morgan fingerprint density at radius 3 is 2.24 bits per heavy atom. The monoisotopic (exact) mass is 390 g/mol. The molecule has 0 atom stereocenters. The van der Waals surface area contributed by atoms with Gasteiger partial charge in [0.15, 0.2) is 0 Å². The lowest BCUT2D eigenvalue weighted by atomic mass is 10.0. The molecule has 0 bridgehead atoms. The van der Waals surface area contributed by atoms with Crippen LogP contribution in [0.2, 0.25) is 0 Å². The highest BCUT2D eigenvalue weighted by molar-refractivity contribution is 6.45. The van der Waals surface area contributed by atoms with Gasteiger partial charge in [-0.25, -0.2) is 4.90 Å². The number of hydrogen-bond donors (Lipinski definition) is 0. The number of benzene rings is 2. The van der Waals surface area contributed by atoms with Gasteiger partial charge in [-0.05, 0) is 69.0 Å². The van der Waals surface area contributed by atoms with Crippen LogP contribution in [0.4, 0.5) is 5.69 Å². The zero-order chi connectivity index (χ0) is 20.5. The van der Waals surface area contributed by atoms with Gasteiger partial charge in [0.2, 0.25) is 0 Å². The van der Waals surface area contributed by atoms with Crippen LogP contribution < -0.4 is 9.64 Å². The zero-order valence-corrected chi connectivity index (χ0v) is 17.1. The number of likely N-dealkylation sites (tertiary alicyclic amines) is 1. The summed E-state index contributed by atoms with van der Waals surface area (Å²) in [7, 11) is 0. The van der Waals surface area contributed by atoms with E-state index in [1.807, 2.05) is 69.3 Å². The maximum atomic E-state index is 13.4. The van der Waals surface area contributed by atoms with Gasteiger partial charge in [-0.3, -0.25) is 9.59 Å². The molecule has 1 saturated heterocycles. The van der Waals surface area contributed by atoms with Crippen molar-refractivity contribution in [1.29, 1.82) is 0 Å². The SMILES string of the molecule is Cc1cccc(N2C(=O)C(c3ccc(OC(C)C)cc3)=C(N3CCCC3)C2=O)c1. The number of imide groups is 1. The number of aryl methyl sites for hydroxylation is 1. The maximum absolute atomic E-state index is 13.4. The molecule has 150 valence electrons. The van der Waals surface area contributed by atoms with E-state index in [9.17, 15) is 9.59 Å². The molecule has 5 nitrogen and oxygen atoms in total. The lowest BCUT2D eigenvalue weighted by Crippen LogP contribution is -2.34. The summed E-state index contributed by atoms with van der Waals surface area (Å²) in [6.45, 7) is 7.50. The summed E-state index contributed by atoms with van der Waals surface area (Å²) in [4.78, 5) is 30.2. The Labute approximate surface area is 171 Å². The Bertz CT molecular complexity index is 970. The third kappa shape index (κ3) is 3.65. The molecule has 1 fully saturated rings. The number of ether oxygens (including phenoxy) is 1. The molecule has 0 radical (unpaired) electrons. The lowest BCUT2D eigenvalue weighted by Gasteiger charge is -2.20. The summed E-state index contributed by atoms with van der Waals surface area (Å²) in [6, 6.07) is 15.0. The topological polar surface area (TPSA) is 49.9 Å². The van der Waals surface area contributed by atoms with Crippen molar-refractivity contribution >= 4 is 23.1 Å². The normalized spacial score (nSPS) is 17.1. The highest BCUT2D eigenvalue weighted by Gasteiger charge is 2.42. The summed E-state index contributed by atoms with van der Waals surface area (Å²) in [5.74, 6) is 0.249. The third-order valence-electron chi connectivity index (χ3n) is 5.26. The Hall–Kier alpha value is -3.08. The molecule has 2 amide bonds. The largest absolute Gasteiger partial charge is 0.491 e. The van der Waals surface area contributed by atoms with E-state index in [1.165, 1.54) is 4.90 Å². The van der Waals surface area contributed by atoms with Crippen molar-refractivity contribution in [3.8, 4) is 5.75 Å². The number of carbonyl (C=O) groups is 2. The molecule has 2 aromatic carbocycles. The fourth-order valence-corrected chi connectivity index (χ4v) is 3.99. The number of carbonyl (C=O) groups excluding carboxylic acids is 2. The van der Waals surface area contributed by atoms with Gasteiger partial charge < -0.3 is 9.64 Å². The van der Waals surface area contributed by atoms with Crippen LogP contribution in [-0.2, 0) is 9.59 Å². The standard InChI is InChI=1S/C24H26N2O3/c1-16(2)29-20-11-9-18(10-12-20)21-22(25-13-4-5-14-25)24(28)26(23(21)27)19-8-6-7-17(3)15-19/h6-12,15-16H,4-5,13-14H2,1-3H3. The molecule has 0 N–H and O–H groups in total. The van der Waals surface area contributed by atoms with Gasteiger partial charge in [0.05, 0.1) is 17.4 Å². The first-order valence-corrected chi connectivity index (χ1v) is 10.2. The number of amides is 2. The molecule has 2 aliphatic heterocycles. The van der Waals surface area contributed by atoms with Crippen molar-refractivity contribution in [2.45, 2.75) is 39.7 Å². The van der Waals surface area contributed by atoms with Crippen molar-refractivity contribution < 1.29 is 14.3 Å². The molecule has 0 aliphatic carbocycles. The van der Waals surface area contributed by atoms with Gasteiger partial charge in [-0.1, -0.05) is 24.3 Å². The third-order valence-corrected chi connectivity index (χ3v) is 5.26. The Morgan fingerprint density at radius 2 is 1.62 bits per heavy atom. The summed E-state index contributed by atoms with van der Waals surface area (Å²) in [6.07, 6.45) is 2.14. The van der Waals surface area contributed by atoms with E-state index in [0.717, 1.165) is 42.8 Å². The van der Waals surface area contributed by atoms with Crippen molar-refractivity contribution in [2.24, 2.45) is 0 Å². The molecule has 0 aromatic heterocycles. The van der Waals surface area contributed by atoms with Crippen LogP contribution in [0.5, 0.6) is 5.75 Å². The summed E-state index contributed by atoms with van der Waals surface area (Å²) in [5, 5.41) is 0. The predicted molar refractivity (Wildman–Crippen MR) is 114 cm³/mol. The van der Waals surface area contributed by atoms with E-state index >= 15 is 0 Å². The molecule has 0 unspecified atom stereocenters. The molecule has 2 aromatic rings. The highest BCUT2D eigenvalue weighted by atomic mass is 16.5. The number of anilines is 1. The molecule has 0 saturated carbocycles. The minimum absolute atomic E-state index is 0.0757. The average molecular weight is 390 g/mol. The second-order valence-electron chi connectivity index (χ2n) is 7.89. The van der Waals surface area contributed by atoms with Gasteiger partial charge in [0.25, 0.3) is 11.8 Å². The Balaban J connectivity index is 1.77. The maximum Gasteiger partial charge on any atom is 0.282 e. The van der Waals surface area contributed by atoms with Gasteiger partial charge in [-0.15, -0.1) is 0 Å². The van der Waals surface area contributed by atoms with E-state index in [2.05, 4.69) is 4.90 Å². The van der Waals surface area contributed by atoms with Gasteiger partial charge >= 0.3 is 0 Å². The first-order valence-electron chi connectivity index (χ1n) is 10.2. The molecule has 29 heavy (non-hydrogen) atoms. The fraction of sp³-hybridized carbons (Fsp3) is 0.333. The molecular weight excluding hydrogens is 364 g/mol. The molecule has 5 heteroatoms. The van der Waals surface area contributed by atoms with Crippen LogP contribution in [0.1, 0.15) is 37.8 Å². The van der Waals surface area contributed by atoms with Crippen LogP contribution in [-0.4, -0.2) is 35.9 Å². The Morgan fingerprint density at radius 1 is 0.931 bits per heavy atom. The molecule has 4 rings (SSSR count). The van der Waals surface area contributed by atoms with Gasteiger partial charge in [-0.2, -0.15) is 0 Å². The molecular formula is C24H26N2O3. The molecule has 2 aliphatic rings. The minimum Gasteiger partial charge on any atom is -0.491 e. The van der Waals surface area contributed by atoms with E-state index in [-0.39, 0.29) is 17.9 Å². The zero-order valence-electron chi connectivity index (χ0n) is 17.1. The second kappa shape index (κ2) is 7.74. The van der Waals surface area contributed by atoms with Crippen LogP contribution in [0.25, 0.3) is 5.57 Å². The van der Waals surface area contributed by atoms with E-state index < -0.39 is 0 Å². The van der Waals surface area contributed by atoms with E-state index in [4.69, 9.17) is 4.74 Å². The Kier molecular flexibility index (Phi) is 5.14. The number of nitrogens with zero attached hydrogens (tertiary/aromatic N) is 2. The predicted octanol–water partition coefficient (Wildman–Crippen LogP) is 4.16. The number of hydrogen-bond acceptors (Lipinski definition) is 4. The molecule has 0 spiro atoms. The van der Waals surface area contributed by atoms with Crippen molar-refractivity contribution in [3.63, 3.8) is 0 Å². The summed E-state index contributed by atoms with van der Waals surface area (Å²) in [5.41, 5.74) is 3.37. The van der Waals surface area contributed by atoms with Crippen LogP contribution >= 0.6 is 0 Å². The van der Waals surface area contributed by atoms with Crippen molar-refractivity contribution in [1.82, 2.24) is 4.90 Å². The summed E-state index contributed by atoms with van der Waals surface area (Å²) >= 11 is 0. The second-order valence-corrected chi connectivity index (χ2v) is 7.89. The fourth-order valence-electron chi connectivity index (χ4n) is 3.99. The van der Waals surface area contributed by atoms with Crippen LogP contribution in [0.3, 0.4) is 0 Å². The van der Waals surface area contributed by atoms with E-state index in [1.54, 1.807) is 0 Å².